The number of benzene rings is 1. The molecule has 0 amide bonds. The smallest absolute Gasteiger partial charge is 0.123 e. The van der Waals surface area contributed by atoms with Crippen molar-refractivity contribution in [3.05, 3.63) is 35.6 Å². The summed E-state index contributed by atoms with van der Waals surface area (Å²) in [6.45, 7) is 2.24. The normalized spacial score (nSPS) is 12.6. The van der Waals surface area contributed by atoms with Crippen molar-refractivity contribution in [2.75, 3.05) is 0 Å². The third kappa shape index (κ3) is 7.64. The lowest BCUT2D eigenvalue weighted by Crippen LogP contribution is -1.97. The van der Waals surface area contributed by atoms with Crippen LogP contribution in [0.15, 0.2) is 24.3 Å². The van der Waals surface area contributed by atoms with Crippen LogP contribution in [0, 0.1) is 5.82 Å². The molecule has 0 aliphatic heterocycles. The van der Waals surface area contributed by atoms with Crippen LogP contribution in [0.25, 0.3) is 0 Å². The first-order valence-electron chi connectivity index (χ1n) is 8.17. The highest BCUT2D eigenvalue weighted by molar-refractivity contribution is 5.18. The standard InChI is InChI=1S/C18H29FO/c1-2-3-4-5-6-7-8-9-10-14-18(20)16-12-11-13-17(19)15-16/h11-13,15,18,20H,2-10,14H2,1H3. The van der Waals surface area contributed by atoms with Gasteiger partial charge in [0.15, 0.2) is 0 Å². The van der Waals surface area contributed by atoms with E-state index in [0.29, 0.717) is 5.56 Å². The molecule has 1 N–H and O–H groups in total. The molecular weight excluding hydrogens is 251 g/mol. The predicted molar refractivity (Wildman–Crippen MR) is 83.2 cm³/mol. The van der Waals surface area contributed by atoms with E-state index in [4.69, 9.17) is 0 Å². The first-order chi connectivity index (χ1) is 9.74. The molecule has 1 atom stereocenters. The molecule has 0 aromatic heterocycles. The molecule has 0 fully saturated rings. The number of halogens is 1. The van der Waals surface area contributed by atoms with Crippen LogP contribution in [-0.4, -0.2) is 5.11 Å². The Balaban J connectivity index is 2.01. The fourth-order valence-electron chi connectivity index (χ4n) is 2.53. The number of hydrogen-bond acceptors (Lipinski definition) is 1. The summed E-state index contributed by atoms with van der Waals surface area (Å²) < 4.78 is 13.0. The first-order valence-corrected chi connectivity index (χ1v) is 8.17. The average Bonchev–Trinajstić information content (AvgIpc) is 2.45. The van der Waals surface area contributed by atoms with Gasteiger partial charge in [0.25, 0.3) is 0 Å². The Morgan fingerprint density at radius 3 is 2.15 bits per heavy atom. The zero-order chi connectivity index (χ0) is 14.6. The quantitative estimate of drug-likeness (QED) is 0.509. The molecule has 0 radical (unpaired) electrons. The van der Waals surface area contributed by atoms with E-state index in [1.165, 1.54) is 63.5 Å². The first kappa shape index (κ1) is 17.2. The highest BCUT2D eigenvalue weighted by atomic mass is 19.1. The summed E-state index contributed by atoms with van der Waals surface area (Å²) in [5.74, 6) is -0.270. The summed E-state index contributed by atoms with van der Waals surface area (Å²) in [7, 11) is 0. The zero-order valence-electron chi connectivity index (χ0n) is 12.8. The summed E-state index contributed by atoms with van der Waals surface area (Å²) >= 11 is 0. The van der Waals surface area contributed by atoms with E-state index in [0.717, 1.165) is 12.8 Å². The van der Waals surface area contributed by atoms with Crippen molar-refractivity contribution < 1.29 is 9.50 Å². The van der Waals surface area contributed by atoms with Crippen LogP contribution < -0.4 is 0 Å². The lowest BCUT2D eigenvalue weighted by molar-refractivity contribution is 0.163. The molecule has 0 saturated carbocycles. The summed E-state index contributed by atoms with van der Waals surface area (Å²) in [6, 6.07) is 6.29. The molecule has 20 heavy (non-hydrogen) atoms. The minimum absolute atomic E-state index is 0.270. The Bertz CT molecular complexity index is 351. The lowest BCUT2D eigenvalue weighted by Gasteiger charge is -2.10. The molecule has 114 valence electrons. The third-order valence-electron chi connectivity index (χ3n) is 3.81. The Labute approximate surface area is 123 Å². The molecule has 1 aromatic carbocycles. The maximum atomic E-state index is 13.0. The van der Waals surface area contributed by atoms with Gasteiger partial charge < -0.3 is 5.11 Å². The maximum absolute atomic E-state index is 13.0. The van der Waals surface area contributed by atoms with E-state index >= 15 is 0 Å². The number of aliphatic hydroxyl groups is 1. The average molecular weight is 280 g/mol. The molecule has 2 heteroatoms. The van der Waals surface area contributed by atoms with Crippen LogP contribution in [0.3, 0.4) is 0 Å². The summed E-state index contributed by atoms with van der Waals surface area (Å²) in [5.41, 5.74) is 0.699. The molecule has 0 aliphatic rings. The van der Waals surface area contributed by atoms with Crippen molar-refractivity contribution in [3.8, 4) is 0 Å². The van der Waals surface area contributed by atoms with E-state index < -0.39 is 6.10 Å². The summed E-state index contributed by atoms with van der Waals surface area (Å²) in [5, 5.41) is 9.98. The van der Waals surface area contributed by atoms with E-state index in [2.05, 4.69) is 6.92 Å². The Hall–Kier alpha value is -0.890. The van der Waals surface area contributed by atoms with Gasteiger partial charge in [-0.15, -0.1) is 0 Å². The highest BCUT2D eigenvalue weighted by Gasteiger charge is 2.07. The topological polar surface area (TPSA) is 20.2 Å². The molecule has 0 bridgehead atoms. The fourth-order valence-corrected chi connectivity index (χ4v) is 2.53. The van der Waals surface area contributed by atoms with Gasteiger partial charge in [-0.1, -0.05) is 76.8 Å². The van der Waals surface area contributed by atoms with Crippen LogP contribution in [0.5, 0.6) is 0 Å². The van der Waals surface area contributed by atoms with E-state index in [1.807, 2.05) is 0 Å². The van der Waals surface area contributed by atoms with Crippen molar-refractivity contribution in [2.24, 2.45) is 0 Å². The van der Waals surface area contributed by atoms with Crippen molar-refractivity contribution in [2.45, 2.75) is 77.2 Å². The van der Waals surface area contributed by atoms with Gasteiger partial charge in [-0.2, -0.15) is 0 Å². The van der Waals surface area contributed by atoms with Gasteiger partial charge in [0.2, 0.25) is 0 Å². The molecule has 1 nitrogen and oxygen atoms in total. The number of unbranched alkanes of at least 4 members (excludes halogenated alkanes) is 8. The van der Waals surface area contributed by atoms with Crippen LogP contribution >= 0.6 is 0 Å². The summed E-state index contributed by atoms with van der Waals surface area (Å²) in [4.78, 5) is 0. The molecule has 1 aromatic rings. The van der Waals surface area contributed by atoms with Crippen molar-refractivity contribution in [3.63, 3.8) is 0 Å². The van der Waals surface area contributed by atoms with Crippen LogP contribution in [0.4, 0.5) is 4.39 Å². The molecule has 0 spiro atoms. The van der Waals surface area contributed by atoms with Gasteiger partial charge in [0, 0.05) is 0 Å². The number of aliphatic hydroxyl groups excluding tert-OH is 1. The van der Waals surface area contributed by atoms with Gasteiger partial charge in [-0.3, -0.25) is 0 Å². The second kappa shape index (κ2) is 10.8. The number of hydrogen-bond donors (Lipinski definition) is 1. The van der Waals surface area contributed by atoms with Gasteiger partial charge in [-0.05, 0) is 24.1 Å². The minimum atomic E-state index is -0.518. The molecule has 0 saturated heterocycles. The molecule has 0 heterocycles. The fraction of sp³-hybridized carbons (Fsp3) is 0.667. The van der Waals surface area contributed by atoms with E-state index in [9.17, 15) is 9.50 Å². The SMILES string of the molecule is CCCCCCCCCCCC(O)c1cccc(F)c1. The van der Waals surface area contributed by atoms with E-state index in [-0.39, 0.29) is 5.82 Å². The van der Waals surface area contributed by atoms with Crippen molar-refractivity contribution in [1.82, 2.24) is 0 Å². The minimum Gasteiger partial charge on any atom is -0.388 e. The van der Waals surface area contributed by atoms with Crippen molar-refractivity contribution in [1.29, 1.82) is 0 Å². The van der Waals surface area contributed by atoms with Gasteiger partial charge in [-0.25, -0.2) is 4.39 Å². The highest BCUT2D eigenvalue weighted by Crippen LogP contribution is 2.21. The van der Waals surface area contributed by atoms with E-state index in [1.54, 1.807) is 12.1 Å². The predicted octanol–water partition coefficient (Wildman–Crippen LogP) is 5.78. The molecular formula is C18H29FO. The number of rotatable bonds is 11. The summed E-state index contributed by atoms with van der Waals surface area (Å²) in [6.07, 6.45) is 11.7. The second-order valence-electron chi connectivity index (χ2n) is 5.69. The monoisotopic (exact) mass is 280 g/mol. The Kier molecular flexibility index (Phi) is 9.31. The van der Waals surface area contributed by atoms with Gasteiger partial charge in [0.1, 0.15) is 5.82 Å². The largest absolute Gasteiger partial charge is 0.388 e. The molecule has 1 unspecified atom stereocenters. The van der Waals surface area contributed by atoms with Crippen LogP contribution in [0.1, 0.15) is 82.8 Å². The molecule has 0 aliphatic carbocycles. The Morgan fingerprint density at radius 2 is 1.55 bits per heavy atom. The van der Waals surface area contributed by atoms with Crippen LogP contribution in [0.2, 0.25) is 0 Å². The second-order valence-corrected chi connectivity index (χ2v) is 5.69. The van der Waals surface area contributed by atoms with Crippen LogP contribution in [-0.2, 0) is 0 Å². The molecule has 1 rings (SSSR count). The van der Waals surface area contributed by atoms with Gasteiger partial charge in [0.05, 0.1) is 6.10 Å². The zero-order valence-corrected chi connectivity index (χ0v) is 12.8. The lowest BCUT2D eigenvalue weighted by atomic mass is 10.0. The maximum Gasteiger partial charge on any atom is 0.123 e. The Morgan fingerprint density at radius 1 is 0.950 bits per heavy atom. The van der Waals surface area contributed by atoms with Crippen molar-refractivity contribution >= 4 is 0 Å². The van der Waals surface area contributed by atoms with Gasteiger partial charge >= 0.3 is 0 Å². The third-order valence-corrected chi connectivity index (χ3v) is 3.81.